The highest BCUT2D eigenvalue weighted by Gasteiger charge is 2.13. The fourth-order valence-electron chi connectivity index (χ4n) is 1.60. The molecule has 0 spiro atoms. The molecule has 2 aromatic rings. The van der Waals surface area contributed by atoms with Gasteiger partial charge in [-0.05, 0) is 24.3 Å². The van der Waals surface area contributed by atoms with Gasteiger partial charge in [0, 0.05) is 23.0 Å². The first kappa shape index (κ1) is 14.9. The summed E-state index contributed by atoms with van der Waals surface area (Å²) in [5.41, 5.74) is 4.78. The molecule has 0 unspecified atom stereocenters. The standard InChI is InChI=1S/C14H11ClFN3O2/c15-11-4-1-5-12(16)10(11)7-13(20)18-19-14(21)9-3-2-6-17-8-9/h1-6,8H,7H2,(H,18,20)(H,19,21). The Morgan fingerprint density at radius 2 is 2.00 bits per heavy atom. The van der Waals surface area contributed by atoms with Crippen LogP contribution < -0.4 is 10.9 Å². The van der Waals surface area contributed by atoms with E-state index in [9.17, 15) is 14.0 Å². The van der Waals surface area contributed by atoms with Gasteiger partial charge in [0.15, 0.2) is 0 Å². The van der Waals surface area contributed by atoms with Crippen molar-refractivity contribution in [3.8, 4) is 0 Å². The first-order valence-electron chi connectivity index (χ1n) is 6.00. The number of rotatable bonds is 3. The molecule has 2 N–H and O–H groups in total. The lowest BCUT2D eigenvalue weighted by Crippen LogP contribution is -2.42. The molecule has 0 radical (unpaired) electrons. The number of benzene rings is 1. The molecule has 0 aliphatic rings. The number of hydrazine groups is 1. The van der Waals surface area contributed by atoms with Crippen molar-refractivity contribution < 1.29 is 14.0 Å². The SMILES string of the molecule is O=C(Cc1c(F)cccc1Cl)NNC(=O)c1cccnc1. The lowest BCUT2D eigenvalue weighted by molar-refractivity contribution is -0.121. The van der Waals surface area contributed by atoms with Gasteiger partial charge in [-0.25, -0.2) is 4.39 Å². The molecule has 1 aromatic carbocycles. The number of amides is 2. The second-order valence-electron chi connectivity index (χ2n) is 4.12. The number of carbonyl (C=O) groups excluding carboxylic acids is 2. The minimum Gasteiger partial charge on any atom is -0.273 e. The van der Waals surface area contributed by atoms with Crippen LogP contribution in [0.5, 0.6) is 0 Å². The summed E-state index contributed by atoms with van der Waals surface area (Å²) in [6.07, 6.45) is 2.60. The molecule has 0 aliphatic carbocycles. The summed E-state index contributed by atoms with van der Waals surface area (Å²) in [6, 6.07) is 7.28. The normalized spacial score (nSPS) is 10.0. The van der Waals surface area contributed by atoms with E-state index in [2.05, 4.69) is 15.8 Å². The Hall–Kier alpha value is -2.47. The van der Waals surface area contributed by atoms with E-state index in [4.69, 9.17) is 11.6 Å². The van der Waals surface area contributed by atoms with E-state index in [0.29, 0.717) is 5.56 Å². The molecule has 0 aliphatic heterocycles. The molecule has 21 heavy (non-hydrogen) atoms. The Morgan fingerprint density at radius 1 is 1.19 bits per heavy atom. The molecule has 0 bridgehead atoms. The Morgan fingerprint density at radius 3 is 2.67 bits per heavy atom. The number of nitrogens with one attached hydrogen (secondary N) is 2. The van der Waals surface area contributed by atoms with E-state index < -0.39 is 17.6 Å². The molecule has 2 rings (SSSR count). The lowest BCUT2D eigenvalue weighted by Gasteiger charge is -2.08. The molecule has 5 nitrogen and oxygen atoms in total. The van der Waals surface area contributed by atoms with Crippen LogP contribution in [0.15, 0.2) is 42.7 Å². The van der Waals surface area contributed by atoms with E-state index >= 15 is 0 Å². The molecule has 0 fully saturated rings. The van der Waals surface area contributed by atoms with Crippen molar-refractivity contribution in [3.05, 3.63) is 64.7 Å². The van der Waals surface area contributed by atoms with Crippen molar-refractivity contribution in [1.29, 1.82) is 0 Å². The summed E-state index contributed by atoms with van der Waals surface area (Å²) >= 11 is 5.82. The van der Waals surface area contributed by atoms with Crippen LogP contribution in [0.1, 0.15) is 15.9 Å². The van der Waals surface area contributed by atoms with Gasteiger partial charge in [-0.15, -0.1) is 0 Å². The smallest absolute Gasteiger partial charge is 0.271 e. The summed E-state index contributed by atoms with van der Waals surface area (Å²) in [5, 5.41) is 0.156. The van der Waals surface area contributed by atoms with Crippen LogP contribution in [0.4, 0.5) is 4.39 Å². The maximum Gasteiger partial charge on any atom is 0.271 e. The lowest BCUT2D eigenvalue weighted by atomic mass is 10.1. The highest BCUT2D eigenvalue weighted by molar-refractivity contribution is 6.31. The molecule has 108 valence electrons. The van der Waals surface area contributed by atoms with Gasteiger partial charge < -0.3 is 0 Å². The number of hydrogen-bond donors (Lipinski definition) is 2. The van der Waals surface area contributed by atoms with E-state index in [-0.39, 0.29) is 17.0 Å². The quantitative estimate of drug-likeness (QED) is 0.851. The van der Waals surface area contributed by atoms with Crippen molar-refractivity contribution in [2.75, 3.05) is 0 Å². The van der Waals surface area contributed by atoms with Gasteiger partial charge in [0.25, 0.3) is 5.91 Å². The molecular weight excluding hydrogens is 297 g/mol. The second kappa shape index (κ2) is 6.81. The van der Waals surface area contributed by atoms with E-state index in [1.807, 2.05) is 0 Å². The number of hydrogen-bond acceptors (Lipinski definition) is 3. The molecule has 0 saturated carbocycles. The third-order valence-electron chi connectivity index (χ3n) is 2.64. The van der Waals surface area contributed by atoms with Crippen molar-refractivity contribution in [2.24, 2.45) is 0 Å². The fourth-order valence-corrected chi connectivity index (χ4v) is 1.83. The molecule has 7 heteroatoms. The Bertz CT molecular complexity index is 644. The van der Waals surface area contributed by atoms with Gasteiger partial charge in [-0.3, -0.25) is 25.4 Å². The topological polar surface area (TPSA) is 71.1 Å². The maximum absolute atomic E-state index is 13.5. The van der Waals surface area contributed by atoms with Crippen LogP contribution in [0.3, 0.4) is 0 Å². The zero-order valence-corrected chi connectivity index (χ0v) is 11.5. The predicted octanol–water partition coefficient (Wildman–Crippen LogP) is 1.88. The zero-order valence-electron chi connectivity index (χ0n) is 10.8. The van der Waals surface area contributed by atoms with Gasteiger partial charge in [-0.1, -0.05) is 17.7 Å². The van der Waals surface area contributed by atoms with E-state index in [0.717, 1.165) is 0 Å². The Labute approximate surface area is 125 Å². The molecule has 2 amide bonds. The van der Waals surface area contributed by atoms with Gasteiger partial charge >= 0.3 is 0 Å². The first-order valence-corrected chi connectivity index (χ1v) is 6.38. The highest BCUT2D eigenvalue weighted by Crippen LogP contribution is 2.19. The third kappa shape index (κ3) is 4.00. The van der Waals surface area contributed by atoms with E-state index in [1.165, 1.54) is 30.6 Å². The highest BCUT2D eigenvalue weighted by atomic mass is 35.5. The average molecular weight is 308 g/mol. The van der Waals surface area contributed by atoms with Crippen molar-refractivity contribution in [1.82, 2.24) is 15.8 Å². The van der Waals surface area contributed by atoms with Crippen LogP contribution in [-0.2, 0) is 11.2 Å². The predicted molar refractivity (Wildman–Crippen MR) is 75.0 cm³/mol. The van der Waals surface area contributed by atoms with E-state index in [1.54, 1.807) is 12.1 Å². The summed E-state index contributed by atoms with van der Waals surface area (Å²) in [4.78, 5) is 27.1. The van der Waals surface area contributed by atoms with Crippen LogP contribution >= 0.6 is 11.6 Å². The van der Waals surface area contributed by atoms with Gasteiger partial charge in [0.2, 0.25) is 5.91 Å². The molecule has 0 saturated heterocycles. The summed E-state index contributed by atoms with van der Waals surface area (Å²) in [5.74, 6) is -1.67. The first-order chi connectivity index (χ1) is 10.1. The van der Waals surface area contributed by atoms with Crippen LogP contribution in [0.2, 0.25) is 5.02 Å². The monoisotopic (exact) mass is 307 g/mol. The number of pyridine rings is 1. The Kier molecular flexibility index (Phi) is 4.84. The minimum atomic E-state index is -0.584. The fraction of sp³-hybridized carbons (Fsp3) is 0.0714. The van der Waals surface area contributed by atoms with Crippen molar-refractivity contribution in [3.63, 3.8) is 0 Å². The second-order valence-corrected chi connectivity index (χ2v) is 4.53. The number of halogens is 2. The average Bonchev–Trinajstić information content (AvgIpc) is 2.49. The van der Waals surface area contributed by atoms with Crippen LogP contribution in [-0.4, -0.2) is 16.8 Å². The third-order valence-corrected chi connectivity index (χ3v) is 2.99. The number of carbonyl (C=O) groups is 2. The molecule has 1 heterocycles. The number of nitrogens with zero attached hydrogens (tertiary/aromatic N) is 1. The van der Waals surface area contributed by atoms with Gasteiger partial charge in [-0.2, -0.15) is 0 Å². The minimum absolute atomic E-state index is 0.0762. The summed E-state index contributed by atoms with van der Waals surface area (Å²) < 4.78 is 13.5. The zero-order chi connectivity index (χ0) is 15.2. The molecule has 1 aromatic heterocycles. The van der Waals surface area contributed by atoms with Crippen LogP contribution in [0, 0.1) is 5.82 Å². The summed E-state index contributed by atoms with van der Waals surface area (Å²) in [7, 11) is 0. The van der Waals surface area contributed by atoms with Gasteiger partial charge in [0.05, 0.1) is 12.0 Å². The summed E-state index contributed by atoms with van der Waals surface area (Å²) in [6.45, 7) is 0. The number of aromatic nitrogens is 1. The molecular formula is C14H11ClFN3O2. The van der Waals surface area contributed by atoms with Crippen LogP contribution in [0.25, 0.3) is 0 Å². The maximum atomic E-state index is 13.5. The van der Waals surface area contributed by atoms with Crippen molar-refractivity contribution >= 4 is 23.4 Å². The molecule has 0 atom stereocenters. The van der Waals surface area contributed by atoms with Gasteiger partial charge in [0.1, 0.15) is 5.82 Å². The largest absolute Gasteiger partial charge is 0.273 e. The van der Waals surface area contributed by atoms with Crippen molar-refractivity contribution in [2.45, 2.75) is 6.42 Å². The Balaban J connectivity index is 1.92.